The third-order valence-corrected chi connectivity index (χ3v) is 5.23. The number of hydrogen-bond donors (Lipinski definition) is 2. The second kappa shape index (κ2) is 10.6. The fourth-order valence-corrected chi connectivity index (χ4v) is 3.78. The molecule has 0 spiro atoms. The normalized spacial score (nSPS) is 13.2. The molecule has 1 heterocycles. The SMILES string of the molecule is CCN1CCc2cc(CCNCCOc3ccccc3OCC(F)(F)F)cc(C(N)=O)c21. The highest BCUT2D eigenvalue weighted by atomic mass is 19.4. The van der Waals surface area contributed by atoms with E-state index in [1.54, 1.807) is 18.2 Å². The zero-order valence-electron chi connectivity index (χ0n) is 18.0. The van der Waals surface area contributed by atoms with Crippen LogP contribution in [-0.4, -0.2) is 51.5 Å². The van der Waals surface area contributed by atoms with E-state index >= 15 is 0 Å². The van der Waals surface area contributed by atoms with Gasteiger partial charge in [-0.25, -0.2) is 0 Å². The number of carbonyl (C=O) groups excluding carboxylic acids is 1. The molecule has 0 saturated heterocycles. The summed E-state index contributed by atoms with van der Waals surface area (Å²) in [6, 6.07) is 10.3. The molecular formula is C23H28F3N3O3. The molecule has 9 heteroatoms. The van der Waals surface area contributed by atoms with E-state index in [0.29, 0.717) is 25.1 Å². The number of ether oxygens (including phenoxy) is 2. The summed E-state index contributed by atoms with van der Waals surface area (Å²) in [7, 11) is 0. The van der Waals surface area contributed by atoms with Gasteiger partial charge in [-0.2, -0.15) is 13.2 Å². The van der Waals surface area contributed by atoms with Gasteiger partial charge in [-0.3, -0.25) is 4.79 Å². The lowest BCUT2D eigenvalue weighted by molar-refractivity contribution is -0.153. The standard InChI is InChI=1S/C23H28F3N3O3/c1-2-29-11-8-17-13-16(14-18(21(17)29)22(27)30)7-9-28-10-12-31-19-5-3-4-6-20(19)32-15-23(24,25)26/h3-6,13-14,28H,2,7-12,15H2,1H3,(H2,27,30). The van der Waals surface area contributed by atoms with Gasteiger partial charge in [0, 0.05) is 19.6 Å². The largest absolute Gasteiger partial charge is 0.488 e. The Kier molecular flexibility index (Phi) is 7.84. The smallest absolute Gasteiger partial charge is 0.422 e. The number of carbonyl (C=O) groups is 1. The van der Waals surface area contributed by atoms with Gasteiger partial charge in [0.25, 0.3) is 5.91 Å². The third kappa shape index (κ3) is 6.29. The topological polar surface area (TPSA) is 76.8 Å². The van der Waals surface area contributed by atoms with Crippen LogP contribution in [0.1, 0.15) is 28.4 Å². The zero-order valence-corrected chi connectivity index (χ0v) is 18.0. The van der Waals surface area contributed by atoms with Crippen molar-refractivity contribution in [3.63, 3.8) is 0 Å². The first kappa shape index (κ1) is 23.7. The van der Waals surface area contributed by atoms with Crippen LogP contribution in [0.25, 0.3) is 0 Å². The molecule has 2 aromatic rings. The molecule has 0 bridgehead atoms. The minimum absolute atomic E-state index is 0.0584. The molecule has 2 aromatic carbocycles. The van der Waals surface area contributed by atoms with E-state index in [1.165, 1.54) is 6.07 Å². The fraction of sp³-hybridized carbons (Fsp3) is 0.435. The Labute approximate surface area is 185 Å². The van der Waals surface area contributed by atoms with E-state index in [-0.39, 0.29) is 18.1 Å². The van der Waals surface area contributed by atoms with Crippen molar-refractivity contribution in [1.29, 1.82) is 0 Å². The number of primary amides is 1. The Morgan fingerprint density at radius 1 is 1.16 bits per heavy atom. The summed E-state index contributed by atoms with van der Waals surface area (Å²) in [5.74, 6) is -0.0944. The number of amides is 1. The maximum Gasteiger partial charge on any atom is 0.422 e. The number of para-hydroxylation sites is 2. The van der Waals surface area contributed by atoms with Crippen molar-refractivity contribution in [3.05, 3.63) is 53.1 Å². The first-order valence-corrected chi connectivity index (χ1v) is 10.6. The van der Waals surface area contributed by atoms with Gasteiger partial charge in [0.15, 0.2) is 18.1 Å². The van der Waals surface area contributed by atoms with Gasteiger partial charge in [0.05, 0.1) is 11.3 Å². The molecule has 1 amide bonds. The number of likely N-dealkylation sites (N-methyl/N-ethyl adjacent to an activating group) is 1. The summed E-state index contributed by atoms with van der Waals surface area (Å²) in [4.78, 5) is 14.1. The maximum atomic E-state index is 12.4. The van der Waals surface area contributed by atoms with Gasteiger partial charge in [0.1, 0.15) is 6.61 Å². The van der Waals surface area contributed by atoms with E-state index in [9.17, 15) is 18.0 Å². The molecule has 0 fully saturated rings. The van der Waals surface area contributed by atoms with Crippen molar-refractivity contribution in [2.24, 2.45) is 5.73 Å². The molecular weight excluding hydrogens is 423 g/mol. The summed E-state index contributed by atoms with van der Waals surface area (Å²) in [5.41, 5.74) is 9.32. The number of nitrogens with two attached hydrogens (primary N) is 1. The van der Waals surface area contributed by atoms with Gasteiger partial charge in [-0.15, -0.1) is 0 Å². The number of benzene rings is 2. The van der Waals surface area contributed by atoms with Crippen LogP contribution in [0.5, 0.6) is 11.5 Å². The average molecular weight is 451 g/mol. The van der Waals surface area contributed by atoms with E-state index in [1.807, 2.05) is 6.07 Å². The Bertz CT molecular complexity index is 934. The highest BCUT2D eigenvalue weighted by Gasteiger charge is 2.29. The van der Waals surface area contributed by atoms with Crippen molar-refractivity contribution in [2.75, 3.05) is 44.3 Å². The minimum Gasteiger partial charge on any atom is -0.488 e. The van der Waals surface area contributed by atoms with Gasteiger partial charge >= 0.3 is 6.18 Å². The molecule has 1 aliphatic rings. The molecule has 1 aliphatic heterocycles. The van der Waals surface area contributed by atoms with E-state index in [2.05, 4.69) is 23.2 Å². The lowest BCUT2D eigenvalue weighted by Crippen LogP contribution is -2.25. The second-order valence-corrected chi connectivity index (χ2v) is 7.54. The molecule has 3 N–H and O–H groups in total. The summed E-state index contributed by atoms with van der Waals surface area (Å²) in [6.45, 7) is 3.84. The van der Waals surface area contributed by atoms with Crippen molar-refractivity contribution in [1.82, 2.24) is 5.32 Å². The van der Waals surface area contributed by atoms with Crippen LogP contribution in [0.3, 0.4) is 0 Å². The van der Waals surface area contributed by atoms with Gasteiger partial charge in [-0.1, -0.05) is 18.2 Å². The quantitative estimate of drug-likeness (QED) is 0.513. The van der Waals surface area contributed by atoms with Crippen molar-refractivity contribution >= 4 is 11.6 Å². The molecule has 6 nitrogen and oxygen atoms in total. The van der Waals surface area contributed by atoms with Gasteiger partial charge in [0.2, 0.25) is 0 Å². The summed E-state index contributed by atoms with van der Waals surface area (Å²) < 4.78 is 47.5. The van der Waals surface area contributed by atoms with Crippen LogP contribution in [0.2, 0.25) is 0 Å². The molecule has 3 rings (SSSR count). The van der Waals surface area contributed by atoms with Crippen molar-refractivity contribution < 1.29 is 27.4 Å². The first-order chi connectivity index (χ1) is 15.3. The highest BCUT2D eigenvalue weighted by molar-refractivity contribution is 6.00. The lowest BCUT2D eigenvalue weighted by Gasteiger charge is -2.20. The highest BCUT2D eigenvalue weighted by Crippen LogP contribution is 2.33. The Balaban J connectivity index is 1.47. The molecule has 32 heavy (non-hydrogen) atoms. The molecule has 0 atom stereocenters. The number of rotatable bonds is 11. The number of nitrogens with zero attached hydrogens (tertiary/aromatic N) is 1. The van der Waals surface area contributed by atoms with Crippen LogP contribution in [0.4, 0.5) is 18.9 Å². The van der Waals surface area contributed by atoms with Crippen LogP contribution in [0, 0.1) is 0 Å². The monoisotopic (exact) mass is 451 g/mol. The Morgan fingerprint density at radius 2 is 1.88 bits per heavy atom. The Morgan fingerprint density at radius 3 is 2.53 bits per heavy atom. The number of hydrogen-bond acceptors (Lipinski definition) is 5. The number of fused-ring (bicyclic) bond motifs is 1. The molecule has 0 unspecified atom stereocenters. The first-order valence-electron chi connectivity index (χ1n) is 10.6. The summed E-state index contributed by atoms with van der Waals surface area (Å²) >= 11 is 0. The van der Waals surface area contributed by atoms with Crippen LogP contribution in [-0.2, 0) is 12.8 Å². The van der Waals surface area contributed by atoms with Crippen LogP contribution < -0.4 is 25.4 Å². The summed E-state index contributed by atoms with van der Waals surface area (Å²) in [5, 5.41) is 3.24. The molecule has 0 aliphatic carbocycles. The maximum absolute atomic E-state index is 12.4. The Hall–Kier alpha value is -2.94. The number of alkyl halides is 3. The molecule has 0 aromatic heterocycles. The van der Waals surface area contributed by atoms with E-state index < -0.39 is 18.7 Å². The molecule has 0 saturated carbocycles. The average Bonchev–Trinajstić information content (AvgIpc) is 3.17. The predicted molar refractivity (Wildman–Crippen MR) is 117 cm³/mol. The third-order valence-electron chi connectivity index (χ3n) is 5.23. The second-order valence-electron chi connectivity index (χ2n) is 7.54. The van der Waals surface area contributed by atoms with Gasteiger partial charge in [-0.05, 0) is 55.6 Å². The zero-order chi connectivity index (χ0) is 23.1. The van der Waals surface area contributed by atoms with E-state index in [0.717, 1.165) is 36.3 Å². The van der Waals surface area contributed by atoms with Crippen molar-refractivity contribution in [2.45, 2.75) is 25.9 Å². The summed E-state index contributed by atoms with van der Waals surface area (Å²) in [6.07, 6.45) is -2.80. The lowest BCUT2D eigenvalue weighted by atomic mass is 10.00. The van der Waals surface area contributed by atoms with Crippen LogP contribution in [0.15, 0.2) is 36.4 Å². The molecule has 0 radical (unpaired) electrons. The predicted octanol–water partition coefficient (Wildman–Crippen LogP) is 3.32. The van der Waals surface area contributed by atoms with Gasteiger partial charge < -0.3 is 25.4 Å². The molecule has 174 valence electrons. The fourth-order valence-electron chi connectivity index (χ4n) is 3.78. The number of nitrogens with one attached hydrogen (secondary N) is 1. The number of anilines is 1. The minimum atomic E-state index is -4.41. The van der Waals surface area contributed by atoms with Crippen LogP contribution >= 0.6 is 0 Å². The van der Waals surface area contributed by atoms with E-state index in [4.69, 9.17) is 15.2 Å². The van der Waals surface area contributed by atoms with Crippen molar-refractivity contribution in [3.8, 4) is 11.5 Å². The number of halogens is 3.